The Morgan fingerprint density at radius 3 is 2.42 bits per heavy atom. The molecular formula is C27H29N5O3S. The Balaban J connectivity index is 1.79. The molecule has 0 aliphatic heterocycles. The van der Waals surface area contributed by atoms with Crippen molar-refractivity contribution in [2.45, 2.75) is 52.2 Å². The lowest BCUT2D eigenvalue weighted by molar-refractivity contribution is -0.128. The molecule has 186 valence electrons. The third-order valence-corrected chi connectivity index (χ3v) is 7.12. The lowest BCUT2D eigenvalue weighted by Gasteiger charge is -2.34. The van der Waals surface area contributed by atoms with Gasteiger partial charge in [-0.2, -0.15) is 0 Å². The quantitative estimate of drug-likeness (QED) is 0.332. The van der Waals surface area contributed by atoms with Crippen LogP contribution in [0.25, 0.3) is 11.0 Å². The number of carbonyl (C=O) groups is 3. The molecular weight excluding hydrogens is 474 g/mol. The van der Waals surface area contributed by atoms with Crippen molar-refractivity contribution in [3.63, 3.8) is 0 Å². The molecule has 0 saturated heterocycles. The maximum Gasteiger partial charge on any atom is 0.249 e. The Morgan fingerprint density at radius 2 is 1.78 bits per heavy atom. The van der Waals surface area contributed by atoms with Gasteiger partial charge in [0, 0.05) is 21.7 Å². The number of para-hydroxylation sites is 1. The lowest BCUT2D eigenvalue weighted by atomic mass is 10.0. The van der Waals surface area contributed by atoms with Crippen molar-refractivity contribution in [3.05, 3.63) is 76.5 Å². The summed E-state index contributed by atoms with van der Waals surface area (Å²) in [4.78, 5) is 41.8. The number of nitrogens with zero attached hydrogens (tertiary/aromatic N) is 4. The maximum atomic E-state index is 13.9. The standard InChI is InChI=1S/C27H29N5O3S/c1-5-27(3,4)28-26(35)25(23-11-8-16-36-23)32(20-14-12-19(13-15-20)18(2)33)24(34)17-31-22-10-7-6-9-21(22)29-30-31/h6-16,25H,5,17H2,1-4H3,(H,28,35)/t25-/m1/s1. The zero-order valence-electron chi connectivity index (χ0n) is 20.8. The summed E-state index contributed by atoms with van der Waals surface area (Å²) in [6.07, 6.45) is 0.724. The fourth-order valence-electron chi connectivity index (χ4n) is 3.84. The minimum absolute atomic E-state index is 0.0780. The van der Waals surface area contributed by atoms with E-state index in [9.17, 15) is 14.4 Å². The molecule has 2 amide bonds. The van der Waals surface area contributed by atoms with Gasteiger partial charge in [0.05, 0.1) is 5.52 Å². The minimum Gasteiger partial charge on any atom is -0.349 e. The van der Waals surface area contributed by atoms with Crippen LogP contribution in [0, 0.1) is 0 Å². The minimum atomic E-state index is -0.902. The molecule has 0 aliphatic carbocycles. The highest BCUT2D eigenvalue weighted by Gasteiger charge is 2.36. The molecule has 4 rings (SSSR count). The van der Waals surface area contributed by atoms with Crippen molar-refractivity contribution in [2.75, 3.05) is 4.90 Å². The number of ketones is 1. The summed E-state index contributed by atoms with van der Waals surface area (Å²) < 4.78 is 1.54. The van der Waals surface area contributed by atoms with Gasteiger partial charge < -0.3 is 5.32 Å². The van der Waals surface area contributed by atoms with Crippen LogP contribution in [0.15, 0.2) is 66.0 Å². The Labute approximate surface area is 213 Å². The van der Waals surface area contributed by atoms with Crippen LogP contribution in [0.4, 0.5) is 5.69 Å². The topological polar surface area (TPSA) is 97.2 Å². The van der Waals surface area contributed by atoms with Crippen molar-refractivity contribution in [3.8, 4) is 0 Å². The van der Waals surface area contributed by atoms with Gasteiger partial charge in [-0.25, -0.2) is 4.68 Å². The molecule has 4 aromatic rings. The molecule has 1 N–H and O–H groups in total. The van der Waals surface area contributed by atoms with Gasteiger partial charge >= 0.3 is 0 Å². The summed E-state index contributed by atoms with van der Waals surface area (Å²) in [6.45, 7) is 7.28. The summed E-state index contributed by atoms with van der Waals surface area (Å²) in [6, 6.07) is 16.9. The number of rotatable bonds is 9. The molecule has 0 aliphatic rings. The Morgan fingerprint density at radius 1 is 1.06 bits per heavy atom. The third kappa shape index (κ3) is 5.36. The number of anilines is 1. The van der Waals surface area contributed by atoms with Crippen LogP contribution in [0.5, 0.6) is 0 Å². The largest absolute Gasteiger partial charge is 0.349 e. The van der Waals surface area contributed by atoms with E-state index in [1.807, 2.05) is 62.5 Å². The van der Waals surface area contributed by atoms with Crippen LogP contribution in [-0.2, 0) is 16.1 Å². The van der Waals surface area contributed by atoms with Gasteiger partial charge in [-0.15, -0.1) is 16.4 Å². The fourth-order valence-corrected chi connectivity index (χ4v) is 4.66. The van der Waals surface area contributed by atoms with Crippen molar-refractivity contribution in [1.82, 2.24) is 20.3 Å². The lowest BCUT2D eigenvalue weighted by Crippen LogP contribution is -2.50. The first kappa shape index (κ1) is 25.2. The predicted octanol–water partition coefficient (Wildman–Crippen LogP) is 4.77. The third-order valence-electron chi connectivity index (χ3n) is 6.19. The second-order valence-electron chi connectivity index (χ2n) is 9.25. The number of aromatic nitrogens is 3. The first-order valence-corrected chi connectivity index (χ1v) is 12.6. The Kier molecular flexibility index (Phi) is 7.30. The highest BCUT2D eigenvalue weighted by Crippen LogP contribution is 2.32. The van der Waals surface area contributed by atoms with Crippen LogP contribution in [0.3, 0.4) is 0 Å². The van der Waals surface area contributed by atoms with E-state index in [0.717, 1.165) is 16.8 Å². The van der Waals surface area contributed by atoms with Gasteiger partial charge in [0.25, 0.3) is 0 Å². The summed E-state index contributed by atoms with van der Waals surface area (Å²) in [7, 11) is 0. The Hall–Kier alpha value is -3.85. The van der Waals surface area contributed by atoms with Crippen molar-refractivity contribution in [2.24, 2.45) is 0 Å². The van der Waals surface area contributed by atoms with E-state index in [2.05, 4.69) is 15.6 Å². The molecule has 1 atom stereocenters. The monoisotopic (exact) mass is 503 g/mol. The molecule has 0 bridgehead atoms. The molecule has 0 unspecified atom stereocenters. The van der Waals surface area contributed by atoms with Crippen molar-refractivity contribution >= 4 is 45.7 Å². The highest BCUT2D eigenvalue weighted by atomic mass is 32.1. The number of Topliss-reactive ketones (excluding diaryl/α,β-unsaturated/α-hetero) is 1. The summed E-state index contributed by atoms with van der Waals surface area (Å²) in [5.41, 5.74) is 1.99. The van der Waals surface area contributed by atoms with E-state index in [1.54, 1.807) is 24.3 Å². The summed E-state index contributed by atoms with van der Waals surface area (Å²) >= 11 is 1.41. The predicted molar refractivity (Wildman–Crippen MR) is 141 cm³/mol. The zero-order chi connectivity index (χ0) is 25.9. The number of benzene rings is 2. The number of amides is 2. The van der Waals surface area contributed by atoms with Gasteiger partial charge in [-0.3, -0.25) is 19.3 Å². The average Bonchev–Trinajstić information content (AvgIpc) is 3.53. The highest BCUT2D eigenvalue weighted by molar-refractivity contribution is 7.10. The maximum absolute atomic E-state index is 13.9. The molecule has 0 saturated carbocycles. The van der Waals surface area contributed by atoms with E-state index < -0.39 is 11.6 Å². The van der Waals surface area contributed by atoms with Gasteiger partial charge in [0.15, 0.2) is 5.78 Å². The number of carbonyl (C=O) groups excluding carboxylic acids is 3. The molecule has 9 heteroatoms. The van der Waals surface area contributed by atoms with E-state index >= 15 is 0 Å². The van der Waals surface area contributed by atoms with Crippen molar-refractivity contribution in [1.29, 1.82) is 0 Å². The van der Waals surface area contributed by atoms with Gasteiger partial charge in [-0.1, -0.05) is 30.3 Å². The zero-order valence-corrected chi connectivity index (χ0v) is 21.6. The molecule has 0 radical (unpaired) electrons. The number of thiophene rings is 1. The van der Waals surface area contributed by atoms with Crippen LogP contribution >= 0.6 is 11.3 Å². The molecule has 36 heavy (non-hydrogen) atoms. The SMILES string of the molecule is CCC(C)(C)NC(=O)[C@@H](c1cccs1)N(C(=O)Cn1nnc2ccccc21)c1ccc(C(C)=O)cc1. The fraction of sp³-hybridized carbons (Fsp3) is 0.296. The normalized spacial score (nSPS) is 12.3. The average molecular weight is 504 g/mol. The number of hydrogen-bond donors (Lipinski definition) is 1. The number of nitrogens with one attached hydrogen (secondary N) is 1. The van der Waals surface area contributed by atoms with Crippen LogP contribution in [0.2, 0.25) is 0 Å². The summed E-state index contributed by atoms with van der Waals surface area (Å²) in [5.74, 6) is -0.688. The molecule has 0 fully saturated rings. The number of hydrogen-bond acceptors (Lipinski definition) is 6. The molecule has 2 heterocycles. The number of fused-ring (bicyclic) bond motifs is 1. The van der Waals surface area contributed by atoms with Crippen molar-refractivity contribution < 1.29 is 14.4 Å². The van der Waals surface area contributed by atoms with Gasteiger partial charge in [0.1, 0.15) is 18.1 Å². The van der Waals surface area contributed by atoms with Crippen LogP contribution in [-0.4, -0.2) is 38.1 Å². The molecule has 2 aromatic heterocycles. The van der Waals surface area contributed by atoms with E-state index in [1.165, 1.54) is 27.8 Å². The molecule has 2 aromatic carbocycles. The van der Waals surface area contributed by atoms with E-state index in [-0.39, 0.29) is 24.1 Å². The first-order chi connectivity index (χ1) is 17.2. The van der Waals surface area contributed by atoms with Crippen LogP contribution < -0.4 is 10.2 Å². The first-order valence-electron chi connectivity index (χ1n) is 11.8. The van der Waals surface area contributed by atoms with Crippen LogP contribution in [0.1, 0.15) is 55.4 Å². The Bertz CT molecular complexity index is 1380. The second-order valence-corrected chi connectivity index (χ2v) is 10.2. The van der Waals surface area contributed by atoms with E-state index in [4.69, 9.17) is 0 Å². The van der Waals surface area contributed by atoms with Gasteiger partial charge in [-0.05, 0) is 75.0 Å². The second kappa shape index (κ2) is 10.4. The summed E-state index contributed by atoms with van der Waals surface area (Å²) in [5, 5.41) is 13.3. The van der Waals surface area contributed by atoms with Gasteiger partial charge in [0.2, 0.25) is 11.8 Å². The smallest absolute Gasteiger partial charge is 0.249 e. The molecule has 0 spiro atoms. The molecule has 8 nitrogen and oxygen atoms in total. The van der Waals surface area contributed by atoms with E-state index in [0.29, 0.717) is 16.8 Å².